The normalized spacial score (nSPS) is 13.4. The van der Waals surface area contributed by atoms with E-state index >= 15 is 0 Å². The van der Waals surface area contributed by atoms with Gasteiger partial charge in [-0.3, -0.25) is 0 Å². The van der Waals surface area contributed by atoms with Gasteiger partial charge in [-0.25, -0.2) is 9.97 Å². The first kappa shape index (κ1) is 14.3. The molecule has 5 heteroatoms. The number of hydrogen-bond acceptors (Lipinski definition) is 3. The van der Waals surface area contributed by atoms with E-state index in [0.717, 1.165) is 35.5 Å². The molecule has 0 radical (unpaired) electrons. The Morgan fingerprint density at radius 2 is 2.16 bits per heavy atom. The summed E-state index contributed by atoms with van der Waals surface area (Å²) in [6.45, 7) is 5.19. The molecule has 1 unspecified atom stereocenters. The van der Waals surface area contributed by atoms with Crippen LogP contribution in [0.25, 0.3) is 11.2 Å². The van der Waals surface area contributed by atoms with Gasteiger partial charge in [0.25, 0.3) is 0 Å². The monoisotopic (exact) mass is 280 g/mol. The van der Waals surface area contributed by atoms with Crippen LogP contribution in [0.4, 0.5) is 0 Å². The third kappa shape index (κ3) is 3.07. The predicted octanol–water partition coefficient (Wildman–Crippen LogP) is 2.64. The number of nitrogens with zero attached hydrogens (tertiary/aromatic N) is 4. The number of imidazole rings is 1. The Morgan fingerprint density at radius 3 is 2.79 bits per heavy atom. The molecule has 0 amide bonds. The van der Waals surface area contributed by atoms with Gasteiger partial charge in [-0.15, -0.1) is 11.6 Å². The van der Waals surface area contributed by atoms with E-state index in [2.05, 4.69) is 46.5 Å². The van der Waals surface area contributed by atoms with Crippen molar-refractivity contribution in [3.63, 3.8) is 0 Å². The van der Waals surface area contributed by atoms with Crippen LogP contribution in [-0.2, 0) is 6.42 Å². The van der Waals surface area contributed by atoms with Crippen LogP contribution in [0.1, 0.15) is 24.4 Å². The summed E-state index contributed by atoms with van der Waals surface area (Å²) >= 11 is 5.89. The number of likely N-dealkylation sites (N-methyl/N-ethyl adjacent to an activating group) is 1. The Hall–Kier alpha value is -1.13. The van der Waals surface area contributed by atoms with Crippen LogP contribution in [-0.4, -0.2) is 46.0 Å². The fourth-order valence-corrected chi connectivity index (χ4v) is 2.63. The molecule has 0 aliphatic heterocycles. The van der Waals surface area contributed by atoms with Crippen molar-refractivity contribution in [3.05, 3.63) is 23.7 Å². The summed E-state index contributed by atoms with van der Waals surface area (Å²) in [5, 5.41) is 0. The van der Waals surface area contributed by atoms with Crippen LogP contribution in [0.15, 0.2) is 12.3 Å². The molecule has 0 aliphatic rings. The number of fused-ring (bicyclic) bond motifs is 1. The highest BCUT2D eigenvalue weighted by molar-refractivity contribution is 6.17. The van der Waals surface area contributed by atoms with Gasteiger partial charge in [-0.05, 0) is 39.6 Å². The molecule has 0 spiro atoms. The second kappa shape index (κ2) is 5.88. The van der Waals surface area contributed by atoms with Crippen LogP contribution >= 0.6 is 11.6 Å². The number of halogens is 1. The molecule has 0 saturated carbocycles. The largest absolute Gasteiger partial charge is 0.309 e. The molecule has 0 aromatic carbocycles. The molecule has 0 fully saturated rings. The molecule has 4 nitrogen and oxygen atoms in total. The van der Waals surface area contributed by atoms with Crippen LogP contribution in [0.2, 0.25) is 0 Å². The SMILES string of the molecule is Cc1cnc2c(c1)nc(CCCl)n2C(C)CN(C)C. The van der Waals surface area contributed by atoms with Crippen molar-refractivity contribution in [1.82, 2.24) is 19.4 Å². The Morgan fingerprint density at radius 1 is 1.42 bits per heavy atom. The average molecular weight is 281 g/mol. The molecule has 0 bridgehead atoms. The third-order valence-electron chi connectivity index (χ3n) is 3.13. The van der Waals surface area contributed by atoms with Gasteiger partial charge in [0.2, 0.25) is 0 Å². The number of aryl methyl sites for hydroxylation is 2. The zero-order valence-corrected chi connectivity index (χ0v) is 12.8. The molecule has 104 valence electrons. The Balaban J connectivity index is 2.51. The van der Waals surface area contributed by atoms with Crippen molar-refractivity contribution in [2.24, 2.45) is 0 Å². The summed E-state index contributed by atoms with van der Waals surface area (Å²) in [6.07, 6.45) is 2.67. The first-order valence-corrected chi connectivity index (χ1v) is 7.10. The van der Waals surface area contributed by atoms with Gasteiger partial charge in [-0.1, -0.05) is 0 Å². The van der Waals surface area contributed by atoms with Gasteiger partial charge in [-0.2, -0.15) is 0 Å². The van der Waals surface area contributed by atoms with Gasteiger partial charge in [0.1, 0.15) is 11.3 Å². The van der Waals surface area contributed by atoms with Crippen molar-refractivity contribution in [2.45, 2.75) is 26.3 Å². The van der Waals surface area contributed by atoms with Crippen molar-refractivity contribution < 1.29 is 0 Å². The van der Waals surface area contributed by atoms with Gasteiger partial charge in [0.05, 0.1) is 0 Å². The van der Waals surface area contributed by atoms with Crippen molar-refractivity contribution in [2.75, 3.05) is 26.5 Å². The molecule has 2 heterocycles. The summed E-state index contributed by atoms with van der Waals surface area (Å²) < 4.78 is 2.22. The van der Waals surface area contributed by atoms with E-state index in [0.29, 0.717) is 11.9 Å². The minimum atomic E-state index is 0.327. The molecular weight excluding hydrogens is 260 g/mol. The second-order valence-electron chi connectivity index (χ2n) is 5.30. The van der Waals surface area contributed by atoms with Gasteiger partial charge in [0.15, 0.2) is 5.65 Å². The summed E-state index contributed by atoms with van der Waals surface area (Å²) in [7, 11) is 4.16. The molecule has 2 rings (SSSR count). The van der Waals surface area contributed by atoms with Crippen LogP contribution < -0.4 is 0 Å². The predicted molar refractivity (Wildman–Crippen MR) is 80.0 cm³/mol. The highest BCUT2D eigenvalue weighted by atomic mass is 35.5. The first-order chi connectivity index (χ1) is 9.02. The van der Waals surface area contributed by atoms with E-state index < -0.39 is 0 Å². The van der Waals surface area contributed by atoms with Gasteiger partial charge >= 0.3 is 0 Å². The summed E-state index contributed by atoms with van der Waals surface area (Å²) in [5.41, 5.74) is 3.06. The number of hydrogen-bond donors (Lipinski definition) is 0. The zero-order chi connectivity index (χ0) is 14.0. The van der Waals surface area contributed by atoms with Gasteiger partial charge in [0, 0.05) is 31.1 Å². The lowest BCUT2D eigenvalue weighted by Crippen LogP contribution is -2.24. The smallest absolute Gasteiger partial charge is 0.160 e. The van der Waals surface area contributed by atoms with Crippen molar-refractivity contribution in [3.8, 4) is 0 Å². The molecule has 1 atom stereocenters. The van der Waals surface area contributed by atoms with Gasteiger partial charge < -0.3 is 9.47 Å². The maximum atomic E-state index is 5.89. The fraction of sp³-hybridized carbons (Fsp3) is 0.571. The summed E-state index contributed by atoms with van der Waals surface area (Å²) in [6, 6.07) is 2.41. The van der Waals surface area contributed by atoms with Crippen molar-refractivity contribution >= 4 is 22.8 Å². The average Bonchev–Trinajstić information content (AvgIpc) is 2.65. The number of aromatic nitrogens is 3. The maximum Gasteiger partial charge on any atom is 0.160 e. The van der Waals surface area contributed by atoms with Crippen LogP contribution in [0.3, 0.4) is 0 Å². The standard InChI is InChI=1S/C14H21ClN4/c1-10-7-12-14(16-8-10)19(11(2)9-18(3)4)13(17-12)5-6-15/h7-8,11H,5-6,9H2,1-4H3. The first-order valence-electron chi connectivity index (χ1n) is 6.57. The van der Waals surface area contributed by atoms with E-state index in [1.165, 1.54) is 0 Å². The summed E-state index contributed by atoms with van der Waals surface area (Å²) in [4.78, 5) is 11.4. The van der Waals surface area contributed by atoms with Crippen molar-refractivity contribution in [1.29, 1.82) is 0 Å². The maximum absolute atomic E-state index is 5.89. The Labute approximate surface area is 119 Å². The third-order valence-corrected chi connectivity index (χ3v) is 3.32. The minimum absolute atomic E-state index is 0.327. The number of pyridine rings is 1. The summed E-state index contributed by atoms with van der Waals surface area (Å²) in [5.74, 6) is 1.61. The van der Waals surface area contributed by atoms with E-state index in [1.807, 2.05) is 13.1 Å². The van der Waals surface area contributed by atoms with E-state index in [-0.39, 0.29) is 0 Å². The second-order valence-corrected chi connectivity index (χ2v) is 5.68. The van der Waals surface area contributed by atoms with Crippen LogP contribution in [0.5, 0.6) is 0 Å². The molecule has 19 heavy (non-hydrogen) atoms. The highest BCUT2D eigenvalue weighted by Gasteiger charge is 2.17. The Kier molecular flexibility index (Phi) is 4.42. The lowest BCUT2D eigenvalue weighted by atomic mass is 10.3. The topological polar surface area (TPSA) is 34.0 Å². The highest BCUT2D eigenvalue weighted by Crippen LogP contribution is 2.21. The van der Waals surface area contributed by atoms with E-state index in [4.69, 9.17) is 11.6 Å². The zero-order valence-electron chi connectivity index (χ0n) is 12.0. The molecule has 0 N–H and O–H groups in total. The lowest BCUT2D eigenvalue weighted by molar-refractivity contribution is 0.336. The van der Waals surface area contributed by atoms with E-state index in [1.54, 1.807) is 0 Å². The fourth-order valence-electron chi connectivity index (χ4n) is 2.46. The molecule has 2 aromatic heterocycles. The molecule has 0 aliphatic carbocycles. The van der Waals surface area contributed by atoms with Crippen LogP contribution in [0, 0.1) is 6.92 Å². The number of alkyl halides is 1. The minimum Gasteiger partial charge on any atom is -0.309 e. The number of rotatable bonds is 5. The Bertz CT molecular complexity index is 562. The lowest BCUT2D eigenvalue weighted by Gasteiger charge is -2.20. The molecular formula is C14H21ClN4. The molecule has 2 aromatic rings. The molecule has 0 saturated heterocycles. The quantitative estimate of drug-likeness (QED) is 0.790. The van der Waals surface area contributed by atoms with E-state index in [9.17, 15) is 0 Å².